The molecule has 1 aromatic carbocycles. The molecule has 0 atom stereocenters. The molecule has 1 aromatic heterocycles. The molecule has 30 heavy (non-hydrogen) atoms. The maximum atomic E-state index is 5.82. The summed E-state index contributed by atoms with van der Waals surface area (Å²) < 4.78 is 16.4. The maximum absolute atomic E-state index is 5.82. The number of thiophene rings is 1. The standard InChI is InChI=1S/C23H33N3O3S/c1-24-23(25-12-3-13-29-17-18-10-14-28-15-11-18)26-16-21-8-9-22(30-21)19-4-6-20(27-2)7-5-19/h4-9,18H,3,10-17H2,1-2H3,(H2,24,25,26). The molecule has 1 aliphatic rings. The highest BCUT2D eigenvalue weighted by atomic mass is 32.1. The van der Waals surface area contributed by atoms with Gasteiger partial charge in [-0.25, -0.2) is 0 Å². The van der Waals surface area contributed by atoms with Crippen molar-refractivity contribution in [1.29, 1.82) is 0 Å². The van der Waals surface area contributed by atoms with Crippen LogP contribution < -0.4 is 15.4 Å². The molecule has 2 aromatic rings. The highest BCUT2D eigenvalue weighted by molar-refractivity contribution is 7.15. The normalized spacial score (nSPS) is 15.2. The Balaban J connectivity index is 1.32. The van der Waals surface area contributed by atoms with Gasteiger partial charge in [0.25, 0.3) is 0 Å². The molecule has 1 fully saturated rings. The molecule has 1 saturated heterocycles. The van der Waals surface area contributed by atoms with E-state index in [4.69, 9.17) is 14.2 Å². The van der Waals surface area contributed by atoms with E-state index < -0.39 is 0 Å². The van der Waals surface area contributed by atoms with Crippen LogP contribution >= 0.6 is 11.3 Å². The number of benzene rings is 1. The maximum Gasteiger partial charge on any atom is 0.191 e. The predicted molar refractivity (Wildman–Crippen MR) is 123 cm³/mol. The van der Waals surface area contributed by atoms with Gasteiger partial charge in [-0.1, -0.05) is 0 Å². The van der Waals surface area contributed by atoms with Gasteiger partial charge in [-0.15, -0.1) is 11.3 Å². The number of nitrogens with zero attached hydrogens (tertiary/aromatic N) is 1. The number of guanidine groups is 1. The highest BCUT2D eigenvalue weighted by Gasteiger charge is 2.13. The lowest BCUT2D eigenvalue weighted by Crippen LogP contribution is -2.37. The van der Waals surface area contributed by atoms with Crippen molar-refractivity contribution in [1.82, 2.24) is 10.6 Å². The van der Waals surface area contributed by atoms with Gasteiger partial charge < -0.3 is 24.8 Å². The van der Waals surface area contributed by atoms with Crippen molar-refractivity contribution in [2.24, 2.45) is 10.9 Å². The average molecular weight is 432 g/mol. The second-order valence-electron chi connectivity index (χ2n) is 7.33. The first-order valence-electron chi connectivity index (χ1n) is 10.6. The van der Waals surface area contributed by atoms with Crippen LogP contribution in [0.4, 0.5) is 0 Å². The van der Waals surface area contributed by atoms with Crippen molar-refractivity contribution in [3.8, 4) is 16.2 Å². The molecule has 2 N–H and O–H groups in total. The van der Waals surface area contributed by atoms with E-state index in [9.17, 15) is 0 Å². The van der Waals surface area contributed by atoms with Crippen LogP contribution in [0.2, 0.25) is 0 Å². The number of ether oxygens (including phenoxy) is 3. The minimum atomic E-state index is 0.662. The minimum absolute atomic E-state index is 0.662. The Bertz CT molecular complexity index is 770. The van der Waals surface area contributed by atoms with Crippen molar-refractivity contribution in [3.05, 3.63) is 41.3 Å². The van der Waals surface area contributed by atoms with Crippen LogP contribution in [0.1, 0.15) is 24.1 Å². The summed E-state index contributed by atoms with van der Waals surface area (Å²) in [5.74, 6) is 2.36. The Hall–Kier alpha value is -2.09. The van der Waals surface area contributed by atoms with Gasteiger partial charge in [-0.3, -0.25) is 4.99 Å². The Morgan fingerprint density at radius 3 is 2.67 bits per heavy atom. The number of aliphatic imine (C=N–C) groups is 1. The van der Waals surface area contributed by atoms with Crippen LogP contribution in [0.5, 0.6) is 5.75 Å². The molecule has 6 nitrogen and oxygen atoms in total. The Kier molecular flexibility index (Phi) is 9.47. The topological polar surface area (TPSA) is 64.1 Å². The van der Waals surface area contributed by atoms with Gasteiger partial charge in [-0.2, -0.15) is 0 Å². The molecule has 0 unspecified atom stereocenters. The monoisotopic (exact) mass is 431 g/mol. The summed E-state index contributed by atoms with van der Waals surface area (Å²) in [6.07, 6.45) is 3.21. The lowest BCUT2D eigenvalue weighted by atomic mass is 10.0. The fourth-order valence-electron chi connectivity index (χ4n) is 3.32. The van der Waals surface area contributed by atoms with E-state index in [2.05, 4.69) is 39.9 Å². The summed E-state index contributed by atoms with van der Waals surface area (Å²) in [5.41, 5.74) is 1.20. The quantitative estimate of drug-likeness (QED) is 0.339. The van der Waals surface area contributed by atoms with Crippen molar-refractivity contribution < 1.29 is 14.2 Å². The van der Waals surface area contributed by atoms with Gasteiger partial charge in [0, 0.05) is 49.8 Å². The van der Waals surface area contributed by atoms with Gasteiger partial charge in [0.2, 0.25) is 0 Å². The minimum Gasteiger partial charge on any atom is -0.497 e. The highest BCUT2D eigenvalue weighted by Crippen LogP contribution is 2.29. The molecule has 0 radical (unpaired) electrons. The fraction of sp³-hybridized carbons (Fsp3) is 0.522. The second-order valence-corrected chi connectivity index (χ2v) is 8.50. The van der Waals surface area contributed by atoms with Crippen LogP contribution in [0, 0.1) is 5.92 Å². The largest absolute Gasteiger partial charge is 0.497 e. The first kappa shape index (κ1) is 22.6. The molecule has 0 bridgehead atoms. The number of hydrogen-bond acceptors (Lipinski definition) is 5. The SMILES string of the molecule is CN=C(NCCCOCC1CCOCC1)NCc1ccc(-c2ccc(OC)cc2)s1. The molecule has 0 amide bonds. The Morgan fingerprint density at radius 1 is 1.13 bits per heavy atom. The molecule has 2 heterocycles. The van der Waals surface area contributed by atoms with Gasteiger partial charge >= 0.3 is 0 Å². The van der Waals surface area contributed by atoms with E-state index in [1.54, 1.807) is 25.5 Å². The molecule has 164 valence electrons. The third-order valence-corrected chi connectivity index (χ3v) is 6.28. The lowest BCUT2D eigenvalue weighted by molar-refractivity contribution is 0.0203. The van der Waals surface area contributed by atoms with E-state index in [0.29, 0.717) is 5.92 Å². The lowest BCUT2D eigenvalue weighted by Gasteiger charge is -2.21. The van der Waals surface area contributed by atoms with E-state index in [1.807, 2.05) is 12.1 Å². The summed E-state index contributed by atoms with van der Waals surface area (Å²) in [4.78, 5) is 6.83. The summed E-state index contributed by atoms with van der Waals surface area (Å²) in [7, 11) is 3.49. The molecular formula is C23H33N3O3S. The Labute approximate surface area is 183 Å². The number of methoxy groups -OCH3 is 1. The molecule has 0 spiro atoms. The fourth-order valence-corrected chi connectivity index (χ4v) is 4.27. The van der Waals surface area contributed by atoms with Crippen LogP contribution in [0.25, 0.3) is 10.4 Å². The number of nitrogens with one attached hydrogen (secondary N) is 2. The van der Waals surface area contributed by atoms with E-state index in [-0.39, 0.29) is 0 Å². The van der Waals surface area contributed by atoms with Gasteiger partial charge in [0.1, 0.15) is 5.75 Å². The number of hydrogen-bond donors (Lipinski definition) is 2. The summed E-state index contributed by atoms with van der Waals surface area (Å²) in [6, 6.07) is 12.5. The summed E-state index contributed by atoms with van der Waals surface area (Å²) >= 11 is 1.79. The third kappa shape index (κ3) is 7.31. The smallest absolute Gasteiger partial charge is 0.191 e. The molecular weight excluding hydrogens is 398 g/mol. The zero-order valence-corrected chi connectivity index (χ0v) is 18.8. The van der Waals surface area contributed by atoms with Gasteiger partial charge in [0.05, 0.1) is 13.7 Å². The summed E-state index contributed by atoms with van der Waals surface area (Å²) in [6.45, 7) is 4.98. The van der Waals surface area contributed by atoms with E-state index in [0.717, 1.165) is 70.5 Å². The molecule has 0 saturated carbocycles. The van der Waals surface area contributed by atoms with Crippen LogP contribution in [0.15, 0.2) is 41.4 Å². The average Bonchev–Trinajstić information content (AvgIpc) is 3.28. The zero-order valence-electron chi connectivity index (χ0n) is 18.0. The first-order chi connectivity index (χ1) is 14.8. The van der Waals surface area contributed by atoms with Crippen molar-refractivity contribution in [2.45, 2.75) is 25.8 Å². The molecule has 7 heteroatoms. The predicted octanol–water partition coefficient (Wildman–Crippen LogP) is 3.92. The van der Waals surface area contributed by atoms with Gasteiger partial charge in [0.15, 0.2) is 5.96 Å². The van der Waals surface area contributed by atoms with Crippen molar-refractivity contribution in [3.63, 3.8) is 0 Å². The number of rotatable bonds is 10. The molecule has 1 aliphatic heterocycles. The van der Waals surface area contributed by atoms with Crippen molar-refractivity contribution >= 4 is 17.3 Å². The van der Waals surface area contributed by atoms with E-state index in [1.165, 1.54) is 15.3 Å². The zero-order chi connectivity index (χ0) is 21.0. The molecule has 3 rings (SSSR count). The van der Waals surface area contributed by atoms with E-state index >= 15 is 0 Å². The van der Waals surface area contributed by atoms with Gasteiger partial charge in [-0.05, 0) is 67.1 Å². The first-order valence-corrected chi connectivity index (χ1v) is 11.4. The third-order valence-electron chi connectivity index (χ3n) is 5.14. The van der Waals surface area contributed by atoms with Crippen LogP contribution in [0.3, 0.4) is 0 Å². The molecule has 0 aliphatic carbocycles. The van der Waals surface area contributed by atoms with Crippen LogP contribution in [-0.2, 0) is 16.0 Å². The van der Waals surface area contributed by atoms with Crippen molar-refractivity contribution in [2.75, 3.05) is 47.1 Å². The van der Waals surface area contributed by atoms with Crippen LogP contribution in [-0.4, -0.2) is 53.1 Å². The Morgan fingerprint density at radius 2 is 1.93 bits per heavy atom. The second kappa shape index (κ2) is 12.6. The summed E-state index contributed by atoms with van der Waals surface area (Å²) in [5, 5.41) is 6.74.